The van der Waals surface area contributed by atoms with E-state index in [1.165, 1.54) is 5.54 Å². The molecule has 0 spiro atoms. The Morgan fingerprint density at radius 3 is 2.75 bits per heavy atom. The Balaban J connectivity index is 3.23. The zero-order chi connectivity index (χ0) is 6.41. The van der Waals surface area contributed by atoms with Gasteiger partial charge >= 0.3 is 0 Å². The number of hydrogen-bond acceptors (Lipinski definition) is 1. The normalized spacial score (nSPS) is 14.2. The minimum Gasteiger partial charge on any atom is -0.171 e. The minimum absolute atomic E-state index is 0.241. The highest BCUT2D eigenvalue weighted by Crippen LogP contribution is 2.02. The standard InChI is InChI=1S/C6H9ClS/c1-2-6(8)4-3-5-7/h2-3,5-6,8H,1,4H2/b5-3+. The molecule has 0 aliphatic heterocycles. The Kier molecular flexibility index (Phi) is 5.34. The van der Waals surface area contributed by atoms with Crippen LogP contribution >= 0.6 is 24.2 Å². The smallest absolute Gasteiger partial charge is 0.0229 e. The van der Waals surface area contributed by atoms with Crippen LogP contribution < -0.4 is 0 Å². The molecular formula is C6H9ClS. The molecule has 0 aromatic heterocycles. The van der Waals surface area contributed by atoms with Crippen LogP contribution in [-0.2, 0) is 0 Å². The van der Waals surface area contributed by atoms with Gasteiger partial charge < -0.3 is 0 Å². The minimum atomic E-state index is 0.241. The number of rotatable bonds is 3. The van der Waals surface area contributed by atoms with E-state index in [-0.39, 0.29) is 5.25 Å². The summed E-state index contributed by atoms with van der Waals surface area (Å²) in [5.41, 5.74) is 1.49. The van der Waals surface area contributed by atoms with Gasteiger partial charge in [-0.1, -0.05) is 23.8 Å². The molecule has 0 saturated carbocycles. The second-order valence-electron chi connectivity index (χ2n) is 1.40. The van der Waals surface area contributed by atoms with E-state index in [1.807, 2.05) is 6.08 Å². The van der Waals surface area contributed by atoms with Gasteiger partial charge in [-0.2, -0.15) is 12.6 Å². The summed E-state index contributed by atoms with van der Waals surface area (Å²) in [7, 11) is 0. The van der Waals surface area contributed by atoms with Crippen LogP contribution in [0.4, 0.5) is 0 Å². The van der Waals surface area contributed by atoms with E-state index in [9.17, 15) is 0 Å². The highest BCUT2D eigenvalue weighted by molar-refractivity contribution is 7.81. The quantitative estimate of drug-likeness (QED) is 0.462. The second kappa shape index (κ2) is 5.26. The molecule has 0 nitrogen and oxygen atoms in total. The van der Waals surface area contributed by atoms with Crippen molar-refractivity contribution in [1.29, 1.82) is 0 Å². The van der Waals surface area contributed by atoms with Gasteiger partial charge in [-0.05, 0) is 6.42 Å². The number of thiol groups is 1. The molecule has 0 aliphatic rings. The molecule has 0 N–H and O–H groups in total. The average molecular weight is 149 g/mol. The van der Waals surface area contributed by atoms with Gasteiger partial charge in [0.2, 0.25) is 0 Å². The molecule has 2 heteroatoms. The third kappa shape index (κ3) is 4.28. The monoisotopic (exact) mass is 148 g/mol. The molecule has 0 bridgehead atoms. The van der Waals surface area contributed by atoms with Gasteiger partial charge in [0.15, 0.2) is 0 Å². The first-order chi connectivity index (χ1) is 3.81. The summed E-state index contributed by atoms with van der Waals surface area (Å²) in [6.07, 6.45) is 4.48. The molecule has 0 aliphatic carbocycles. The van der Waals surface area contributed by atoms with Gasteiger partial charge in [0.25, 0.3) is 0 Å². The van der Waals surface area contributed by atoms with Crippen molar-refractivity contribution in [3.8, 4) is 0 Å². The van der Waals surface area contributed by atoms with Gasteiger partial charge in [-0.15, -0.1) is 6.58 Å². The van der Waals surface area contributed by atoms with Crippen molar-refractivity contribution in [1.82, 2.24) is 0 Å². The maximum Gasteiger partial charge on any atom is 0.0229 e. The van der Waals surface area contributed by atoms with Gasteiger partial charge in [-0.3, -0.25) is 0 Å². The van der Waals surface area contributed by atoms with E-state index in [0.29, 0.717) is 0 Å². The molecule has 0 heterocycles. The number of hydrogen-bond donors (Lipinski definition) is 1. The lowest BCUT2D eigenvalue weighted by Gasteiger charge is -1.95. The van der Waals surface area contributed by atoms with Gasteiger partial charge in [0, 0.05) is 10.8 Å². The first-order valence-corrected chi connectivity index (χ1v) is 3.32. The predicted octanol–water partition coefficient (Wildman–Crippen LogP) is 2.61. The zero-order valence-corrected chi connectivity index (χ0v) is 6.20. The van der Waals surface area contributed by atoms with Crippen molar-refractivity contribution in [3.05, 3.63) is 24.3 Å². The second-order valence-corrected chi connectivity index (χ2v) is 2.32. The van der Waals surface area contributed by atoms with Crippen molar-refractivity contribution >= 4 is 24.2 Å². The fourth-order valence-electron chi connectivity index (χ4n) is 0.287. The third-order valence-corrected chi connectivity index (χ3v) is 1.34. The van der Waals surface area contributed by atoms with Crippen LogP contribution in [-0.4, -0.2) is 5.25 Å². The van der Waals surface area contributed by atoms with Crippen LogP contribution in [0.15, 0.2) is 24.3 Å². The molecular weight excluding hydrogens is 140 g/mol. The largest absolute Gasteiger partial charge is 0.171 e. The van der Waals surface area contributed by atoms with E-state index in [0.717, 1.165) is 6.42 Å². The summed E-state index contributed by atoms with van der Waals surface area (Å²) in [6, 6.07) is 0. The van der Waals surface area contributed by atoms with Crippen molar-refractivity contribution < 1.29 is 0 Å². The molecule has 8 heavy (non-hydrogen) atoms. The summed E-state index contributed by atoms with van der Waals surface area (Å²) in [4.78, 5) is 0. The predicted molar refractivity (Wildman–Crippen MR) is 42.6 cm³/mol. The maximum absolute atomic E-state index is 5.25. The average Bonchev–Trinajstić information content (AvgIpc) is 1.83. The lowest BCUT2D eigenvalue weighted by Crippen LogP contribution is -1.87. The SMILES string of the molecule is C=CC(S)C/C=C/Cl. The fourth-order valence-corrected chi connectivity index (χ4v) is 0.512. The van der Waals surface area contributed by atoms with Gasteiger partial charge in [0.1, 0.15) is 0 Å². The summed E-state index contributed by atoms with van der Waals surface area (Å²) >= 11 is 9.39. The van der Waals surface area contributed by atoms with Crippen molar-refractivity contribution in [2.24, 2.45) is 0 Å². The molecule has 0 aromatic rings. The highest BCUT2D eigenvalue weighted by Gasteiger charge is 1.88. The zero-order valence-electron chi connectivity index (χ0n) is 4.55. The van der Waals surface area contributed by atoms with E-state index in [4.69, 9.17) is 11.6 Å². The Hall–Kier alpha value is 0.120. The first kappa shape index (κ1) is 8.12. The topological polar surface area (TPSA) is 0 Å². The highest BCUT2D eigenvalue weighted by atomic mass is 35.5. The molecule has 0 amide bonds. The first-order valence-electron chi connectivity index (χ1n) is 2.37. The summed E-state index contributed by atoms with van der Waals surface area (Å²) in [5.74, 6) is 0. The molecule has 0 aromatic carbocycles. The molecule has 46 valence electrons. The van der Waals surface area contributed by atoms with Crippen LogP contribution in [0.3, 0.4) is 0 Å². The molecule has 0 saturated heterocycles. The maximum atomic E-state index is 5.25. The fraction of sp³-hybridized carbons (Fsp3) is 0.333. The van der Waals surface area contributed by atoms with Crippen molar-refractivity contribution in [3.63, 3.8) is 0 Å². The van der Waals surface area contributed by atoms with Crippen molar-refractivity contribution in [2.45, 2.75) is 11.7 Å². The molecule has 0 radical (unpaired) electrons. The lowest BCUT2D eigenvalue weighted by atomic mass is 10.3. The van der Waals surface area contributed by atoms with Crippen LogP contribution in [0.2, 0.25) is 0 Å². The Labute approximate surface area is 60.6 Å². The van der Waals surface area contributed by atoms with Crippen molar-refractivity contribution in [2.75, 3.05) is 0 Å². The Morgan fingerprint density at radius 1 is 1.75 bits per heavy atom. The van der Waals surface area contributed by atoms with Crippen LogP contribution in [0, 0.1) is 0 Å². The molecule has 0 fully saturated rings. The summed E-state index contributed by atoms with van der Waals surface area (Å²) in [5, 5.41) is 0.241. The van der Waals surface area contributed by atoms with E-state index in [2.05, 4.69) is 19.2 Å². The number of allylic oxidation sites excluding steroid dienone is 1. The molecule has 1 unspecified atom stereocenters. The van der Waals surface area contributed by atoms with E-state index >= 15 is 0 Å². The van der Waals surface area contributed by atoms with E-state index < -0.39 is 0 Å². The Morgan fingerprint density at radius 2 is 2.38 bits per heavy atom. The summed E-state index contributed by atoms with van der Waals surface area (Å²) < 4.78 is 0. The third-order valence-electron chi connectivity index (χ3n) is 0.739. The Bertz CT molecular complexity index is 88.5. The number of halogens is 1. The van der Waals surface area contributed by atoms with Crippen LogP contribution in [0.5, 0.6) is 0 Å². The van der Waals surface area contributed by atoms with Gasteiger partial charge in [0.05, 0.1) is 0 Å². The van der Waals surface area contributed by atoms with Gasteiger partial charge in [-0.25, -0.2) is 0 Å². The lowest BCUT2D eigenvalue weighted by molar-refractivity contribution is 1.09. The summed E-state index contributed by atoms with van der Waals surface area (Å²) in [6.45, 7) is 3.56. The van der Waals surface area contributed by atoms with Crippen LogP contribution in [0.25, 0.3) is 0 Å². The van der Waals surface area contributed by atoms with E-state index in [1.54, 1.807) is 6.08 Å². The molecule has 1 atom stereocenters. The van der Waals surface area contributed by atoms with Crippen LogP contribution in [0.1, 0.15) is 6.42 Å². The molecule has 0 rings (SSSR count).